The molecule has 2 saturated heterocycles. The summed E-state index contributed by atoms with van der Waals surface area (Å²) in [6, 6.07) is 8.17. The SMILES string of the molecule is COc1ccc(N2CCN(CC(=O)N3C[C@@H](C)O[C@H](C)C3)CC2)cc1. The number of carbonyl (C=O) groups excluding carboxylic acids is 1. The van der Waals surface area contributed by atoms with Crippen molar-refractivity contribution in [3.05, 3.63) is 24.3 Å². The third kappa shape index (κ3) is 4.64. The Balaban J connectivity index is 1.48. The molecule has 3 rings (SSSR count). The molecule has 0 unspecified atom stereocenters. The second kappa shape index (κ2) is 8.06. The predicted octanol–water partition coefficient (Wildman–Crippen LogP) is 1.45. The zero-order chi connectivity index (χ0) is 17.8. The normalized spacial score (nSPS) is 25.1. The number of hydrogen-bond donors (Lipinski definition) is 0. The molecule has 0 bridgehead atoms. The molecule has 0 radical (unpaired) electrons. The largest absolute Gasteiger partial charge is 0.497 e. The van der Waals surface area contributed by atoms with E-state index in [0.717, 1.165) is 31.9 Å². The quantitative estimate of drug-likeness (QED) is 0.825. The third-order valence-corrected chi connectivity index (χ3v) is 4.94. The van der Waals surface area contributed by atoms with E-state index >= 15 is 0 Å². The summed E-state index contributed by atoms with van der Waals surface area (Å²) in [6.07, 6.45) is 0.249. The van der Waals surface area contributed by atoms with Gasteiger partial charge in [0, 0.05) is 45.0 Å². The van der Waals surface area contributed by atoms with Crippen LogP contribution < -0.4 is 9.64 Å². The number of ether oxygens (including phenoxy) is 2. The maximum Gasteiger partial charge on any atom is 0.236 e. The molecule has 0 N–H and O–H groups in total. The minimum atomic E-state index is 0.125. The Morgan fingerprint density at radius 1 is 1.08 bits per heavy atom. The van der Waals surface area contributed by atoms with Gasteiger partial charge < -0.3 is 19.3 Å². The minimum absolute atomic E-state index is 0.125. The lowest BCUT2D eigenvalue weighted by Crippen LogP contribution is -2.53. The molecule has 6 heteroatoms. The van der Waals surface area contributed by atoms with Crippen molar-refractivity contribution < 1.29 is 14.3 Å². The molecule has 2 atom stereocenters. The van der Waals surface area contributed by atoms with Crippen LogP contribution in [-0.4, -0.2) is 80.8 Å². The van der Waals surface area contributed by atoms with Gasteiger partial charge in [-0.1, -0.05) is 0 Å². The number of carbonyl (C=O) groups is 1. The van der Waals surface area contributed by atoms with Gasteiger partial charge in [-0.05, 0) is 38.1 Å². The van der Waals surface area contributed by atoms with Gasteiger partial charge in [0.2, 0.25) is 5.91 Å². The Labute approximate surface area is 150 Å². The van der Waals surface area contributed by atoms with Crippen molar-refractivity contribution >= 4 is 11.6 Å². The van der Waals surface area contributed by atoms with Gasteiger partial charge in [0.05, 0.1) is 25.9 Å². The van der Waals surface area contributed by atoms with Gasteiger partial charge in [0.15, 0.2) is 0 Å². The lowest BCUT2D eigenvalue weighted by Gasteiger charge is -2.39. The average Bonchev–Trinajstić information content (AvgIpc) is 2.61. The van der Waals surface area contributed by atoms with Crippen LogP contribution in [0.2, 0.25) is 0 Å². The monoisotopic (exact) mass is 347 g/mol. The molecular formula is C19H29N3O3. The number of nitrogens with zero attached hydrogens (tertiary/aromatic N) is 3. The molecular weight excluding hydrogens is 318 g/mol. The molecule has 2 fully saturated rings. The summed E-state index contributed by atoms with van der Waals surface area (Å²) >= 11 is 0. The van der Waals surface area contributed by atoms with Gasteiger partial charge in [-0.3, -0.25) is 9.69 Å². The summed E-state index contributed by atoms with van der Waals surface area (Å²) in [5, 5.41) is 0. The molecule has 1 amide bonds. The highest BCUT2D eigenvalue weighted by Crippen LogP contribution is 2.20. The van der Waals surface area contributed by atoms with E-state index in [-0.39, 0.29) is 18.1 Å². The van der Waals surface area contributed by atoms with Crippen LogP contribution in [0, 0.1) is 0 Å². The van der Waals surface area contributed by atoms with Crippen LogP contribution in [0.4, 0.5) is 5.69 Å². The highest BCUT2D eigenvalue weighted by atomic mass is 16.5. The summed E-state index contributed by atoms with van der Waals surface area (Å²) in [6.45, 7) is 9.68. The van der Waals surface area contributed by atoms with E-state index in [1.54, 1.807) is 7.11 Å². The maximum atomic E-state index is 12.6. The van der Waals surface area contributed by atoms with Crippen molar-refractivity contribution in [2.45, 2.75) is 26.1 Å². The first kappa shape index (κ1) is 18.0. The molecule has 1 aromatic carbocycles. The van der Waals surface area contributed by atoms with E-state index in [1.807, 2.05) is 30.9 Å². The number of piperazine rings is 1. The van der Waals surface area contributed by atoms with Crippen molar-refractivity contribution in [2.24, 2.45) is 0 Å². The summed E-state index contributed by atoms with van der Waals surface area (Å²) in [4.78, 5) is 19.2. The first-order valence-corrected chi connectivity index (χ1v) is 9.09. The maximum absolute atomic E-state index is 12.6. The molecule has 2 aliphatic heterocycles. The first-order chi connectivity index (χ1) is 12.0. The van der Waals surface area contributed by atoms with Crippen LogP contribution in [0.5, 0.6) is 5.75 Å². The van der Waals surface area contributed by atoms with E-state index in [4.69, 9.17) is 9.47 Å². The summed E-state index contributed by atoms with van der Waals surface area (Å²) < 4.78 is 10.9. The van der Waals surface area contributed by atoms with Crippen molar-refractivity contribution in [1.82, 2.24) is 9.80 Å². The summed E-state index contributed by atoms with van der Waals surface area (Å²) in [5.41, 5.74) is 1.21. The smallest absolute Gasteiger partial charge is 0.236 e. The Morgan fingerprint density at radius 3 is 2.24 bits per heavy atom. The number of rotatable bonds is 4. The number of hydrogen-bond acceptors (Lipinski definition) is 5. The lowest BCUT2D eigenvalue weighted by molar-refractivity contribution is -0.144. The second-order valence-corrected chi connectivity index (χ2v) is 7.02. The van der Waals surface area contributed by atoms with Crippen molar-refractivity contribution in [2.75, 3.05) is 57.8 Å². The van der Waals surface area contributed by atoms with Crippen LogP contribution >= 0.6 is 0 Å². The third-order valence-electron chi connectivity index (χ3n) is 4.94. The molecule has 2 heterocycles. The number of amides is 1. The topological polar surface area (TPSA) is 45.2 Å². The molecule has 0 spiro atoms. The Kier molecular flexibility index (Phi) is 5.81. The Hall–Kier alpha value is -1.79. The molecule has 2 aliphatic rings. The molecule has 0 aliphatic carbocycles. The number of morpholine rings is 1. The second-order valence-electron chi connectivity index (χ2n) is 7.02. The Bertz CT molecular complexity index is 560. The van der Waals surface area contributed by atoms with Gasteiger partial charge in [-0.2, -0.15) is 0 Å². The highest BCUT2D eigenvalue weighted by molar-refractivity contribution is 5.78. The van der Waals surface area contributed by atoms with E-state index < -0.39 is 0 Å². The standard InChI is InChI=1S/C19H29N3O3/c1-15-12-22(13-16(2)25-15)19(23)14-20-8-10-21(11-9-20)17-4-6-18(24-3)7-5-17/h4-7,15-16H,8-14H2,1-3H3/t15-,16-/m1/s1. The van der Waals surface area contributed by atoms with Gasteiger partial charge in [0.25, 0.3) is 0 Å². The van der Waals surface area contributed by atoms with E-state index in [9.17, 15) is 4.79 Å². The van der Waals surface area contributed by atoms with Crippen molar-refractivity contribution in [1.29, 1.82) is 0 Å². The van der Waals surface area contributed by atoms with Crippen LogP contribution in [0.25, 0.3) is 0 Å². The van der Waals surface area contributed by atoms with Crippen LogP contribution in [0.1, 0.15) is 13.8 Å². The van der Waals surface area contributed by atoms with E-state index in [0.29, 0.717) is 19.6 Å². The molecule has 0 saturated carbocycles. The molecule has 138 valence electrons. The van der Waals surface area contributed by atoms with Gasteiger partial charge in [-0.15, -0.1) is 0 Å². The molecule has 25 heavy (non-hydrogen) atoms. The van der Waals surface area contributed by atoms with Crippen LogP contribution in [0.15, 0.2) is 24.3 Å². The first-order valence-electron chi connectivity index (χ1n) is 9.09. The van der Waals surface area contributed by atoms with E-state index in [1.165, 1.54) is 5.69 Å². The van der Waals surface area contributed by atoms with Crippen LogP contribution in [0.3, 0.4) is 0 Å². The van der Waals surface area contributed by atoms with Crippen molar-refractivity contribution in [3.63, 3.8) is 0 Å². The number of anilines is 1. The predicted molar refractivity (Wildman–Crippen MR) is 98.2 cm³/mol. The minimum Gasteiger partial charge on any atom is -0.497 e. The fraction of sp³-hybridized carbons (Fsp3) is 0.632. The highest BCUT2D eigenvalue weighted by Gasteiger charge is 2.27. The zero-order valence-corrected chi connectivity index (χ0v) is 15.5. The fourth-order valence-corrected chi connectivity index (χ4v) is 3.63. The molecule has 0 aromatic heterocycles. The fourth-order valence-electron chi connectivity index (χ4n) is 3.63. The number of methoxy groups -OCH3 is 1. The lowest BCUT2D eigenvalue weighted by atomic mass is 10.2. The zero-order valence-electron chi connectivity index (χ0n) is 15.5. The average molecular weight is 347 g/mol. The number of benzene rings is 1. The van der Waals surface area contributed by atoms with Gasteiger partial charge in [-0.25, -0.2) is 0 Å². The van der Waals surface area contributed by atoms with Gasteiger partial charge in [0.1, 0.15) is 5.75 Å². The summed E-state index contributed by atoms with van der Waals surface area (Å²) in [7, 11) is 1.68. The molecule has 1 aromatic rings. The summed E-state index contributed by atoms with van der Waals surface area (Å²) in [5.74, 6) is 1.10. The Morgan fingerprint density at radius 2 is 1.68 bits per heavy atom. The molecule has 6 nitrogen and oxygen atoms in total. The van der Waals surface area contributed by atoms with Crippen LogP contribution in [-0.2, 0) is 9.53 Å². The van der Waals surface area contributed by atoms with E-state index in [2.05, 4.69) is 21.9 Å². The van der Waals surface area contributed by atoms with Crippen molar-refractivity contribution in [3.8, 4) is 5.75 Å². The van der Waals surface area contributed by atoms with Gasteiger partial charge >= 0.3 is 0 Å².